The third-order valence-corrected chi connectivity index (χ3v) is 4.78. The highest BCUT2D eigenvalue weighted by molar-refractivity contribution is 5.83. The van der Waals surface area contributed by atoms with Crippen molar-refractivity contribution in [2.24, 2.45) is 4.99 Å². The summed E-state index contributed by atoms with van der Waals surface area (Å²) in [6, 6.07) is 25.5. The molecule has 0 aliphatic carbocycles. The number of aliphatic imine (C=N–C) groups is 1. The Labute approximate surface area is 156 Å². The van der Waals surface area contributed by atoms with Crippen molar-refractivity contribution in [2.45, 2.75) is 27.3 Å². The molecule has 2 heteroatoms. The van der Waals surface area contributed by atoms with Crippen LogP contribution < -0.4 is 4.90 Å². The van der Waals surface area contributed by atoms with E-state index in [9.17, 15) is 0 Å². The molecule has 0 radical (unpaired) electrons. The lowest BCUT2D eigenvalue weighted by molar-refractivity contribution is 0.832. The minimum absolute atomic E-state index is 0.924. The SMILES string of the molecule is CCN(Cc1ccccc1)c1ccc(C=Nc2cccc(C)c2C)cc1. The summed E-state index contributed by atoms with van der Waals surface area (Å²) in [5.41, 5.74) is 7.23. The smallest absolute Gasteiger partial charge is 0.0661 e. The lowest BCUT2D eigenvalue weighted by Gasteiger charge is -2.23. The third-order valence-electron chi connectivity index (χ3n) is 4.78. The molecule has 0 atom stereocenters. The quantitative estimate of drug-likeness (QED) is 0.496. The fraction of sp³-hybridized carbons (Fsp3) is 0.208. The maximum Gasteiger partial charge on any atom is 0.0661 e. The number of rotatable bonds is 6. The topological polar surface area (TPSA) is 15.6 Å². The van der Waals surface area contributed by atoms with Gasteiger partial charge in [-0.3, -0.25) is 4.99 Å². The first-order valence-corrected chi connectivity index (χ1v) is 9.16. The van der Waals surface area contributed by atoms with E-state index in [0.717, 1.165) is 24.3 Å². The Hall–Kier alpha value is -2.87. The van der Waals surface area contributed by atoms with Crippen molar-refractivity contribution in [3.63, 3.8) is 0 Å². The highest BCUT2D eigenvalue weighted by Gasteiger charge is 2.05. The van der Waals surface area contributed by atoms with Crippen LogP contribution in [0.15, 0.2) is 77.8 Å². The first-order chi connectivity index (χ1) is 12.7. The van der Waals surface area contributed by atoms with Crippen LogP contribution in [0, 0.1) is 13.8 Å². The van der Waals surface area contributed by atoms with Gasteiger partial charge in [-0.2, -0.15) is 0 Å². The summed E-state index contributed by atoms with van der Waals surface area (Å²) in [7, 11) is 0. The van der Waals surface area contributed by atoms with Gasteiger partial charge in [0.2, 0.25) is 0 Å². The lowest BCUT2D eigenvalue weighted by Crippen LogP contribution is -2.21. The molecule has 0 aliphatic rings. The zero-order valence-corrected chi connectivity index (χ0v) is 15.8. The van der Waals surface area contributed by atoms with E-state index in [1.165, 1.54) is 22.4 Å². The molecule has 3 aromatic carbocycles. The van der Waals surface area contributed by atoms with E-state index < -0.39 is 0 Å². The fourth-order valence-electron chi connectivity index (χ4n) is 2.98. The average Bonchev–Trinajstić information content (AvgIpc) is 2.68. The second-order valence-corrected chi connectivity index (χ2v) is 6.57. The minimum Gasteiger partial charge on any atom is -0.367 e. The lowest BCUT2D eigenvalue weighted by atomic mass is 10.1. The van der Waals surface area contributed by atoms with Crippen molar-refractivity contribution in [1.82, 2.24) is 0 Å². The zero-order valence-electron chi connectivity index (χ0n) is 15.8. The van der Waals surface area contributed by atoms with Gasteiger partial charge in [0, 0.05) is 25.0 Å². The van der Waals surface area contributed by atoms with Crippen LogP contribution in [-0.4, -0.2) is 12.8 Å². The normalized spacial score (nSPS) is 11.0. The van der Waals surface area contributed by atoms with Gasteiger partial charge in [0.05, 0.1) is 5.69 Å². The summed E-state index contributed by atoms with van der Waals surface area (Å²) in [4.78, 5) is 7.04. The Bertz CT molecular complexity index is 864. The molecule has 0 fully saturated rings. The maximum atomic E-state index is 4.66. The summed E-state index contributed by atoms with van der Waals surface area (Å²) >= 11 is 0. The molecular weight excluding hydrogens is 316 g/mol. The van der Waals surface area contributed by atoms with Crippen molar-refractivity contribution in [3.05, 3.63) is 95.1 Å². The molecule has 0 heterocycles. The number of hydrogen-bond acceptors (Lipinski definition) is 2. The van der Waals surface area contributed by atoms with E-state index in [-0.39, 0.29) is 0 Å². The summed E-state index contributed by atoms with van der Waals surface area (Å²) in [6.07, 6.45) is 1.94. The molecule has 0 unspecified atom stereocenters. The third kappa shape index (κ3) is 4.40. The average molecular weight is 342 g/mol. The molecule has 0 spiro atoms. The monoisotopic (exact) mass is 342 g/mol. The van der Waals surface area contributed by atoms with Gasteiger partial charge in [-0.25, -0.2) is 0 Å². The molecular formula is C24H26N2. The van der Waals surface area contributed by atoms with Gasteiger partial charge in [0.15, 0.2) is 0 Å². The van der Waals surface area contributed by atoms with Crippen LogP contribution in [0.1, 0.15) is 29.2 Å². The van der Waals surface area contributed by atoms with Crippen molar-refractivity contribution in [3.8, 4) is 0 Å². The molecule has 26 heavy (non-hydrogen) atoms. The van der Waals surface area contributed by atoms with Gasteiger partial charge < -0.3 is 4.90 Å². The Morgan fingerprint density at radius 2 is 1.58 bits per heavy atom. The second kappa shape index (κ2) is 8.48. The van der Waals surface area contributed by atoms with Gasteiger partial charge in [0.25, 0.3) is 0 Å². The van der Waals surface area contributed by atoms with Crippen LogP contribution in [-0.2, 0) is 6.54 Å². The molecule has 0 N–H and O–H groups in total. The minimum atomic E-state index is 0.924. The van der Waals surface area contributed by atoms with Crippen LogP contribution in [0.4, 0.5) is 11.4 Å². The highest BCUT2D eigenvalue weighted by Crippen LogP contribution is 2.22. The van der Waals surface area contributed by atoms with Crippen molar-refractivity contribution >= 4 is 17.6 Å². The molecule has 3 aromatic rings. The zero-order chi connectivity index (χ0) is 18.4. The molecule has 0 aromatic heterocycles. The van der Waals surface area contributed by atoms with E-state index in [0.29, 0.717) is 0 Å². The first kappa shape index (κ1) is 17.9. The Balaban J connectivity index is 1.73. The Morgan fingerprint density at radius 1 is 0.846 bits per heavy atom. The number of benzene rings is 3. The van der Waals surface area contributed by atoms with Gasteiger partial charge in [0.1, 0.15) is 0 Å². The van der Waals surface area contributed by atoms with Gasteiger partial charge in [-0.1, -0.05) is 54.6 Å². The van der Waals surface area contributed by atoms with E-state index in [4.69, 9.17) is 0 Å². The van der Waals surface area contributed by atoms with Gasteiger partial charge >= 0.3 is 0 Å². The standard InChI is InChI=1S/C24H26N2/c1-4-26(18-22-10-6-5-7-11-22)23-15-13-21(14-16-23)17-25-24-12-8-9-19(2)20(24)3/h5-17H,4,18H2,1-3H3. The van der Waals surface area contributed by atoms with E-state index >= 15 is 0 Å². The van der Waals surface area contributed by atoms with Crippen LogP contribution in [0.2, 0.25) is 0 Å². The molecule has 0 amide bonds. The van der Waals surface area contributed by atoms with Crippen LogP contribution >= 0.6 is 0 Å². The van der Waals surface area contributed by atoms with E-state index in [1.54, 1.807) is 0 Å². The summed E-state index contributed by atoms with van der Waals surface area (Å²) < 4.78 is 0. The summed E-state index contributed by atoms with van der Waals surface area (Å²) in [5.74, 6) is 0. The molecule has 132 valence electrons. The number of hydrogen-bond donors (Lipinski definition) is 0. The molecule has 0 bridgehead atoms. The molecule has 0 aliphatic heterocycles. The fourth-order valence-corrected chi connectivity index (χ4v) is 2.98. The first-order valence-electron chi connectivity index (χ1n) is 9.16. The van der Waals surface area contributed by atoms with Crippen LogP contribution in [0.25, 0.3) is 0 Å². The summed E-state index contributed by atoms with van der Waals surface area (Å²) in [6.45, 7) is 8.33. The maximum absolute atomic E-state index is 4.66. The van der Waals surface area contributed by atoms with E-state index in [1.807, 2.05) is 6.21 Å². The van der Waals surface area contributed by atoms with E-state index in [2.05, 4.69) is 103 Å². The second-order valence-electron chi connectivity index (χ2n) is 6.57. The van der Waals surface area contributed by atoms with Crippen molar-refractivity contribution in [1.29, 1.82) is 0 Å². The summed E-state index contributed by atoms with van der Waals surface area (Å²) in [5, 5.41) is 0. The Kier molecular flexibility index (Phi) is 5.85. The predicted octanol–water partition coefficient (Wildman–Crippen LogP) is 6.08. The van der Waals surface area contributed by atoms with Crippen molar-refractivity contribution < 1.29 is 0 Å². The largest absolute Gasteiger partial charge is 0.367 e. The number of nitrogens with zero attached hydrogens (tertiary/aromatic N) is 2. The van der Waals surface area contributed by atoms with Crippen LogP contribution in [0.3, 0.4) is 0 Å². The van der Waals surface area contributed by atoms with Crippen molar-refractivity contribution in [2.75, 3.05) is 11.4 Å². The predicted molar refractivity (Wildman–Crippen MR) is 113 cm³/mol. The molecule has 0 saturated carbocycles. The molecule has 2 nitrogen and oxygen atoms in total. The van der Waals surface area contributed by atoms with Gasteiger partial charge in [-0.15, -0.1) is 0 Å². The van der Waals surface area contributed by atoms with Crippen LogP contribution in [0.5, 0.6) is 0 Å². The van der Waals surface area contributed by atoms with Gasteiger partial charge in [-0.05, 0) is 61.2 Å². The Morgan fingerprint density at radius 3 is 2.27 bits per heavy atom. The number of aryl methyl sites for hydroxylation is 1. The highest BCUT2D eigenvalue weighted by atomic mass is 15.1. The molecule has 3 rings (SSSR count). The number of anilines is 1. The molecule has 0 saturated heterocycles.